The quantitative estimate of drug-likeness (QED) is 0.251. The molecule has 6 nitrogen and oxygen atoms in total. The number of carbonyl (C=O) groups is 1. The van der Waals surface area contributed by atoms with Crippen LogP contribution >= 0.6 is 23.2 Å². The molecule has 2 aliphatic rings. The van der Waals surface area contributed by atoms with Gasteiger partial charge in [0.1, 0.15) is 0 Å². The molecule has 3 aromatic carbocycles. The van der Waals surface area contributed by atoms with E-state index in [0.29, 0.717) is 35.4 Å². The number of nitrogens with two attached hydrogens (primary N) is 1. The van der Waals surface area contributed by atoms with Crippen LogP contribution in [0.1, 0.15) is 24.0 Å². The van der Waals surface area contributed by atoms with Gasteiger partial charge in [0.25, 0.3) is 0 Å². The number of benzene rings is 3. The Balaban J connectivity index is 1.26. The molecule has 1 aromatic heterocycles. The van der Waals surface area contributed by atoms with Gasteiger partial charge in [0.15, 0.2) is 0 Å². The average molecular weight is 588 g/mol. The number of carbonyl (C=O) groups excluding carboxylic acids is 1. The second kappa shape index (κ2) is 11.5. The third-order valence-electron chi connectivity index (χ3n) is 8.08. The maximum Gasteiger partial charge on any atom is 0.220 e. The predicted molar refractivity (Wildman–Crippen MR) is 165 cm³/mol. The number of hydrogen-bond acceptors (Lipinski definition) is 5. The largest absolute Gasteiger partial charge is 0.481 e. The number of aromatic nitrogens is 1. The van der Waals surface area contributed by atoms with Crippen LogP contribution in [0.25, 0.3) is 33.5 Å². The lowest BCUT2D eigenvalue weighted by atomic mass is 9.88. The summed E-state index contributed by atoms with van der Waals surface area (Å²) in [4.78, 5) is 18.8. The summed E-state index contributed by atoms with van der Waals surface area (Å²) in [7, 11) is 1.64. The van der Waals surface area contributed by atoms with Crippen LogP contribution < -0.4 is 15.8 Å². The smallest absolute Gasteiger partial charge is 0.220 e. The Hall–Kier alpha value is -3.42. The van der Waals surface area contributed by atoms with Gasteiger partial charge in [-0.25, -0.2) is 4.98 Å². The zero-order valence-electron chi connectivity index (χ0n) is 22.9. The van der Waals surface area contributed by atoms with Gasteiger partial charge in [-0.1, -0.05) is 89.9 Å². The van der Waals surface area contributed by atoms with Crippen molar-refractivity contribution in [2.45, 2.75) is 31.3 Å². The standard InChI is InChI=1S/C33H32Cl2N4O2/c1-41-32-23(18-39-19-33(20-39)16-14-29(40)38-33)12-13-28(37-32)27-7-3-6-26(31(27)35)25-5-2-4-24(30(25)34)22-10-8-21(9-11-22)15-17-36/h2-13H,14-20,36H2,1H3,(H,38,40). The lowest BCUT2D eigenvalue weighted by molar-refractivity contribution is -0.120. The van der Waals surface area contributed by atoms with E-state index >= 15 is 0 Å². The van der Waals surface area contributed by atoms with Gasteiger partial charge >= 0.3 is 0 Å². The molecule has 210 valence electrons. The molecule has 1 spiro atoms. The topological polar surface area (TPSA) is 80.5 Å². The highest BCUT2D eigenvalue weighted by Crippen LogP contribution is 2.42. The number of ether oxygens (including phenoxy) is 1. The fourth-order valence-corrected chi connectivity index (χ4v) is 6.67. The Morgan fingerprint density at radius 2 is 1.59 bits per heavy atom. The minimum atomic E-state index is -0.0574. The number of rotatable bonds is 8. The monoisotopic (exact) mass is 586 g/mol. The molecule has 3 N–H and O–H groups in total. The van der Waals surface area contributed by atoms with Crippen molar-refractivity contribution >= 4 is 29.1 Å². The minimum Gasteiger partial charge on any atom is -0.481 e. The van der Waals surface area contributed by atoms with Gasteiger partial charge in [-0.2, -0.15) is 0 Å². The number of nitrogens with zero attached hydrogens (tertiary/aromatic N) is 2. The van der Waals surface area contributed by atoms with Gasteiger partial charge in [0.05, 0.1) is 28.4 Å². The summed E-state index contributed by atoms with van der Waals surface area (Å²) in [5, 5.41) is 4.36. The summed E-state index contributed by atoms with van der Waals surface area (Å²) < 4.78 is 5.69. The van der Waals surface area contributed by atoms with Crippen LogP contribution in [0, 0.1) is 0 Å². The number of hydrogen-bond donors (Lipinski definition) is 2. The van der Waals surface area contributed by atoms with Gasteiger partial charge in [-0.3, -0.25) is 9.69 Å². The van der Waals surface area contributed by atoms with E-state index in [4.69, 9.17) is 38.7 Å². The zero-order valence-corrected chi connectivity index (χ0v) is 24.4. The highest BCUT2D eigenvalue weighted by Gasteiger charge is 2.47. The van der Waals surface area contributed by atoms with Crippen LogP contribution in [0.5, 0.6) is 5.88 Å². The van der Waals surface area contributed by atoms with Crippen LogP contribution in [-0.2, 0) is 17.8 Å². The van der Waals surface area contributed by atoms with E-state index in [2.05, 4.69) is 34.5 Å². The van der Waals surface area contributed by atoms with Crippen molar-refractivity contribution in [2.24, 2.45) is 5.73 Å². The summed E-state index contributed by atoms with van der Waals surface area (Å²) in [6.07, 6.45) is 2.36. The molecule has 0 aliphatic carbocycles. The lowest BCUT2D eigenvalue weighted by Gasteiger charge is -2.48. The number of pyridine rings is 1. The third kappa shape index (κ3) is 5.45. The Labute approximate surface area is 250 Å². The number of halogens is 2. The SMILES string of the molecule is COc1nc(-c2cccc(-c3cccc(-c4ccc(CCN)cc4)c3Cl)c2Cl)ccc1CN1CC2(CCC(=O)N2)C1. The van der Waals surface area contributed by atoms with E-state index in [9.17, 15) is 4.79 Å². The van der Waals surface area contributed by atoms with E-state index in [1.807, 2.05) is 48.5 Å². The predicted octanol–water partition coefficient (Wildman–Crippen LogP) is 6.36. The molecule has 0 saturated carbocycles. The van der Waals surface area contributed by atoms with Crippen LogP contribution in [-0.4, -0.2) is 48.1 Å². The fraction of sp³-hybridized carbons (Fsp3) is 0.273. The fourth-order valence-electron chi connectivity index (χ4n) is 6.01. The molecule has 8 heteroatoms. The van der Waals surface area contributed by atoms with Gasteiger partial charge in [-0.15, -0.1) is 0 Å². The van der Waals surface area contributed by atoms with Crippen molar-refractivity contribution in [2.75, 3.05) is 26.7 Å². The molecule has 0 unspecified atom stereocenters. The second-order valence-electron chi connectivity index (χ2n) is 10.9. The van der Waals surface area contributed by atoms with E-state index < -0.39 is 0 Å². The van der Waals surface area contributed by atoms with Crippen molar-refractivity contribution in [3.8, 4) is 39.4 Å². The Bertz CT molecular complexity index is 1600. The van der Waals surface area contributed by atoms with Crippen LogP contribution in [0.2, 0.25) is 10.0 Å². The summed E-state index contributed by atoms with van der Waals surface area (Å²) in [6, 6.07) is 24.3. The summed E-state index contributed by atoms with van der Waals surface area (Å²) in [5.41, 5.74) is 13.0. The summed E-state index contributed by atoms with van der Waals surface area (Å²) >= 11 is 14.0. The molecule has 3 heterocycles. The molecule has 0 atom stereocenters. The van der Waals surface area contributed by atoms with Crippen LogP contribution in [0.4, 0.5) is 0 Å². The lowest BCUT2D eigenvalue weighted by Crippen LogP contribution is -2.66. The molecule has 6 rings (SSSR count). The molecule has 41 heavy (non-hydrogen) atoms. The molecule has 0 bridgehead atoms. The number of likely N-dealkylation sites (tertiary alicyclic amines) is 1. The number of methoxy groups -OCH3 is 1. The molecular weight excluding hydrogens is 555 g/mol. The average Bonchev–Trinajstić information content (AvgIpc) is 3.36. The molecule has 2 aliphatic heterocycles. The Kier molecular flexibility index (Phi) is 7.75. The van der Waals surface area contributed by atoms with Gasteiger partial charge in [0, 0.05) is 53.9 Å². The minimum absolute atomic E-state index is 0.0574. The highest BCUT2D eigenvalue weighted by molar-refractivity contribution is 6.39. The molecule has 4 aromatic rings. The third-order valence-corrected chi connectivity index (χ3v) is 8.89. The van der Waals surface area contributed by atoms with Crippen molar-refractivity contribution in [1.29, 1.82) is 0 Å². The molecule has 1 amide bonds. The zero-order chi connectivity index (χ0) is 28.6. The first kappa shape index (κ1) is 27.7. The highest BCUT2D eigenvalue weighted by atomic mass is 35.5. The molecule has 0 radical (unpaired) electrons. The van der Waals surface area contributed by atoms with Crippen LogP contribution in [0.3, 0.4) is 0 Å². The maximum atomic E-state index is 11.7. The first-order chi connectivity index (χ1) is 19.9. The van der Waals surface area contributed by atoms with E-state index in [0.717, 1.165) is 65.0 Å². The Morgan fingerprint density at radius 1 is 0.927 bits per heavy atom. The molecular formula is C33H32Cl2N4O2. The number of amides is 1. The number of nitrogens with one attached hydrogen (secondary N) is 1. The normalized spacial score (nSPS) is 16.0. The summed E-state index contributed by atoms with van der Waals surface area (Å²) in [6.45, 7) is 3.01. The van der Waals surface area contributed by atoms with Crippen molar-refractivity contribution < 1.29 is 9.53 Å². The van der Waals surface area contributed by atoms with Crippen LogP contribution in [0.15, 0.2) is 72.8 Å². The second-order valence-corrected chi connectivity index (χ2v) is 11.7. The molecule has 2 saturated heterocycles. The van der Waals surface area contributed by atoms with Gasteiger partial charge < -0.3 is 15.8 Å². The van der Waals surface area contributed by atoms with Crippen molar-refractivity contribution in [1.82, 2.24) is 15.2 Å². The van der Waals surface area contributed by atoms with E-state index in [1.165, 1.54) is 5.56 Å². The maximum absolute atomic E-state index is 11.7. The van der Waals surface area contributed by atoms with E-state index in [1.54, 1.807) is 7.11 Å². The van der Waals surface area contributed by atoms with Gasteiger partial charge in [-0.05, 0) is 36.6 Å². The van der Waals surface area contributed by atoms with E-state index in [-0.39, 0.29) is 11.4 Å². The van der Waals surface area contributed by atoms with Crippen molar-refractivity contribution in [3.63, 3.8) is 0 Å². The first-order valence-electron chi connectivity index (χ1n) is 13.8. The van der Waals surface area contributed by atoms with Crippen molar-refractivity contribution in [3.05, 3.63) is 94.0 Å². The first-order valence-corrected chi connectivity index (χ1v) is 14.6. The summed E-state index contributed by atoms with van der Waals surface area (Å²) in [5.74, 6) is 0.718. The van der Waals surface area contributed by atoms with Gasteiger partial charge in [0.2, 0.25) is 11.8 Å². The molecule has 2 fully saturated rings. The Morgan fingerprint density at radius 3 is 2.22 bits per heavy atom.